The van der Waals surface area contributed by atoms with Gasteiger partial charge in [0.15, 0.2) is 0 Å². The van der Waals surface area contributed by atoms with E-state index in [1.807, 2.05) is 0 Å². The Hall–Kier alpha value is -1.34. The highest BCUT2D eigenvalue weighted by Crippen LogP contribution is 2.41. The summed E-state index contributed by atoms with van der Waals surface area (Å²) in [5.74, 6) is 1.17. The summed E-state index contributed by atoms with van der Waals surface area (Å²) < 4.78 is 0. The van der Waals surface area contributed by atoms with Crippen LogP contribution in [0.25, 0.3) is 0 Å². The minimum atomic E-state index is -0.786. The number of hydrogen-bond donors (Lipinski definition) is 2. The second-order valence-electron chi connectivity index (χ2n) is 4.57. The van der Waals surface area contributed by atoms with Gasteiger partial charge in [-0.3, -0.25) is 10.1 Å². The van der Waals surface area contributed by atoms with Crippen LogP contribution in [0.5, 0.6) is 0 Å². The van der Waals surface area contributed by atoms with Gasteiger partial charge < -0.3 is 10.4 Å². The highest BCUT2D eigenvalue weighted by Gasteiger charge is 2.45. The van der Waals surface area contributed by atoms with Crippen molar-refractivity contribution in [3.63, 3.8) is 0 Å². The molecule has 0 radical (unpaired) electrons. The predicted octanol–water partition coefficient (Wildman–Crippen LogP) is 2.05. The average molecular weight is 283 g/mol. The third kappa shape index (κ3) is 2.98. The maximum Gasteiger partial charge on any atom is 0.311 e. The van der Waals surface area contributed by atoms with E-state index in [0.29, 0.717) is 6.54 Å². The van der Waals surface area contributed by atoms with Crippen LogP contribution in [0.15, 0.2) is 18.3 Å². The van der Waals surface area contributed by atoms with Gasteiger partial charge in [0.05, 0.1) is 10.5 Å². The Morgan fingerprint density at radius 2 is 2.53 bits per heavy atom. The SMILES string of the molecule is CCSC1CCC1(O)CNc1ncccc1[N+](=O)[O-]. The Bertz CT molecular complexity index is 471. The molecule has 0 aliphatic heterocycles. The molecular weight excluding hydrogens is 266 g/mol. The lowest BCUT2D eigenvalue weighted by molar-refractivity contribution is -0.384. The Morgan fingerprint density at radius 3 is 3.11 bits per heavy atom. The minimum Gasteiger partial charge on any atom is -0.387 e. The molecule has 2 unspecified atom stereocenters. The van der Waals surface area contributed by atoms with Crippen LogP contribution in [-0.4, -0.2) is 38.2 Å². The van der Waals surface area contributed by atoms with Crippen LogP contribution in [0.1, 0.15) is 19.8 Å². The van der Waals surface area contributed by atoms with Gasteiger partial charge in [-0.05, 0) is 24.7 Å². The summed E-state index contributed by atoms with van der Waals surface area (Å²) in [7, 11) is 0. The fraction of sp³-hybridized carbons (Fsp3) is 0.583. The molecule has 19 heavy (non-hydrogen) atoms. The van der Waals surface area contributed by atoms with Crippen molar-refractivity contribution in [1.82, 2.24) is 4.98 Å². The van der Waals surface area contributed by atoms with Crippen LogP contribution < -0.4 is 5.32 Å². The molecule has 104 valence electrons. The van der Waals surface area contributed by atoms with E-state index in [1.54, 1.807) is 11.8 Å². The lowest BCUT2D eigenvalue weighted by Gasteiger charge is -2.45. The largest absolute Gasteiger partial charge is 0.387 e. The van der Waals surface area contributed by atoms with Gasteiger partial charge in [-0.2, -0.15) is 11.8 Å². The maximum atomic E-state index is 10.9. The van der Waals surface area contributed by atoms with Crippen molar-refractivity contribution in [2.75, 3.05) is 17.6 Å². The zero-order valence-corrected chi connectivity index (χ0v) is 11.5. The summed E-state index contributed by atoms with van der Waals surface area (Å²) in [6.45, 7) is 2.35. The van der Waals surface area contributed by atoms with Crippen molar-refractivity contribution in [2.24, 2.45) is 0 Å². The fourth-order valence-electron chi connectivity index (χ4n) is 2.15. The lowest BCUT2D eigenvalue weighted by Crippen LogP contribution is -2.54. The number of thioether (sulfide) groups is 1. The van der Waals surface area contributed by atoms with E-state index < -0.39 is 10.5 Å². The van der Waals surface area contributed by atoms with Crippen molar-refractivity contribution < 1.29 is 10.0 Å². The lowest BCUT2D eigenvalue weighted by atomic mass is 9.79. The first kappa shape index (κ1) is 14.1. The molecule has 0 bridgehead atoms. The molecule has 1 fully saturated rings. The van der Waals surface area contributed by atoms with Crippen molar-refractivity contribution in [2.45, 2.75) is 30.6 Å². The fourth-order valence-corrected chi connectivity index (χ4v) is 3.35. The van der Waals surface area contributed by atoms with Crippen LogP contribution in [-0.2, 0) is 0 Å². The van der Waals surface area contributed by atoms with Gasteiger partial charge in [-0.1, -0.05) is 6.92 Å². The molecule has 1 aliphatic carbocycles. The second-order valence-corrected chi connectivity index (χ2v) is 6.05. The van der Waals surface area contributed by atoms with E-state index in [4.69, 9.17) is 0 Å². The van der Waals surface area contributed by atoms with Gasteiger partial charge >= 0.3 is 5.69 Å². The van der Waals surface area contributed by atoms with Gasteiger partial charge in [0.25, 0.3) is 0 Å². The molecule has 7 heteroatoms. The molecule has 0 spiro atoms. The zero-order valence-electron chi connectivity index (χ0n) is 10.7. The molecule has 0 amide bonds. The van der Waals surface area contributed by atoms with E-state index in [9.17, 15) is 15.2 Å². The van der Waals surface area contributed by atoms with Crippen molar-refractivity contribution in [3.05, 3.63) is 28.4 Å². The molecule has 2 atom stereocenters. The third-order valence-electron chi connectivity index (χ3n) is 3.35. The number of anilines is 1. The first-order valence-corrected chi connectivity index (χ1v) is 7.29. The molecule has 2 rings (SSSR count). The van der Waals surface area contributed by atoms with Gasteiger partial charge in [0.1, 0.15) is 0 Å². The van der Waals surface area contributed by atoms with Crippen LogP contribution in [0.4, 0.5) is 11.5 Å². The number of aromatic nitrogens is 1. The molecular formula is C12H17N3O3S. The number of pyridine rings is 1. The van der Waals surface area contributed by atoms with Crippen LogP contribution in [0.3, 0.4) is 0 Å². The van der Waals surface area contributed by atoms with Crippen LogP contribution >= 0.6 is 11.8 Å². The molecule has 1 aliphatic rings. The van der Waals surface area contributed by atoms with Crippen molar-refractivity contribution >= 4 is 23.3 Å². The van der Waals surface area contributed by atoms with E-state index in [0.717, 1.165) is 18.6 Å². The Morgan fingerprint density at radius 1 is 1.74 bits per heavy atom. The molecule has 1 aromatic rings. The quantitative estimate of drug-likeness (QED) is 0.613. The van der Waals surface area contributed by atoms with Gasteiger partial charge in [-0.25, -0.2) is 4.98 Å². The van der Waals surface area contributed by atoms with Crippen molar-refractivity contribution in [3.8, 4) is 0 Å². The normalized spacial score (nSPS) is 25.7. The summed E-state index contributed by atoms with van der Waals surface area (Å²) in [5.41, 5.74) is -0.850. The number of nitrogens with one attached hydrogen (secondary N) is 1. The Labute approximate surface area is 115 Å². The highest BCUT2D eigenvalue weighted by molar-refractivity contribution is 8.00. The third-order valence-corrected chi connectivity index (χ3v) is 4.76. The monoisotopic (exact) mass is 283 g/mol. The van der Waals surface area contributed by atoms with E-state index in [1.165, 1.54) is 18.3 Å². The summed E-state index contributed by atoms with van der Waals surface area (Å²) in [6.07, 6.45) is 3.21. The molecule has 0 aromatic carbocycles. The van der Waals surface area contributed by atoms with Crippen LogP contribution in [0, 0.1) is 10.1 Å². The molecule has 0 saturated heterocycles. The van der Waals surface area contributed by atoms with Crippen LogP contribution in [0.2, 0.25) is 0 Å². The number of hydrogen-bond acceptors (Lipinski definition) is 6. The number of nitro groups is 1. The second kappa shape index (κ2) is 5.75. The number of nitrogens with zero attached hydrogens (tertiary/aromatic N) is 2. The summed E-state index contributed by atoms with van der Waals surface area (Å²) in [5, 5.41) is 24.4. The number of aliphatic hydroxyl groups is 1. The summed E-state index contributed by atoms with van der Waals surface area (Å²) in [4.78, 5) is 14.3. The molecule has 1 aromatic heterocycles. The van der Waals surface area contributed by atoms with E-state index >= 15 is 0 Å². The Kier molecular flexibility index (Phi) is 4.26. The smallest absolute Gasteiger partial charge is 0.311 e. The molecule has 1 saturated carbocycles. The molecule has 1 heterocycles. The first-order chi connectivity index (χ1) is 9.07. The van der Waals surface area contributed by atoms with E-state index in [-0.39, 0.29) is 16.8 Å². The highest BCUT2D eigenvalue weighted by atomic mass is 32.2. The van der Waals surface area contributed by atoms with Crippen molar-refractivity contribution in [1.29, 1.82) is 0 Å². The van der Waals surface area contributed by atoms with Gasteiger partial charge in [0, 0.05) is 24.1 Å². The molecule has 2 N–H and O–H groups in total. The van der Waals surface area contributed by atoms with Gasteiger partial charge in [-0.15, -0.1) is 0 Å². The average Bonchev–Trinajstić information content (AvgIpc) is 2.41. The van der Waals surface area contributed by atoms with Gasteiger partial charge in [0.2, 0.25) is 5.82 Å². The first-order valence-electron chi connectivity index (χ1n) is 6.24. The standard InChI is InChI=1S/C12H17N3O3S/c1-2-19-10-5-6-12(10,16)8-14-11-9(15(17)18)4-3-7-13-11/h3-4,7,10,16H,2,5-6,8H2,1H3,(H,13,14). The summed E-state index contributed by atoms with van der Waals surface area (Å²) in [6, 6.07) is 2.93. The topological polar surface area (TPSA) is 88.3 Å². The predicted molar refractivity (Wildman–Crippen MR) is 75.5 cm³/mol. The van der Waals surface area contributed by atoms with E-state index in [2.05, 4.69) is 17.2 Å². The maximum absolute atomic E-state index is 10.9. The number of rotatable bonds is 6. The Balaban J connectivity index is 2.01. The zero-order chi connectivity index (χ0) is 13.9. The minimum absolute atomic E-state index is 0.0647. The molecule has 6 nitrogen and oxygen atoms in total. The summed E-state index contributed by atoms with van der Waals surface area (Å²) >= 11 is 1.73.